The second-order valence-corrected chi connectivity index (χ2v) is 6.31. The second kappa shape index (κ2) is 7.90. The van der Waals surface area contributed by atoms with Gasteiger partial charge in [-0.25, -0.2) is 4.98 Å². The molecule has 130 valence electrons. The van der Waals surface area contributed by atoms with Gasteiger partial charge in [-0.3, -0.25) is 4.98 Å². The number of rotatable bonds is 7. The van der Waals surface area contributed by atoms with Gasteiger partial charge in [0, 0.05) is 29.9 Å². The predicted molar refractivity (Wildman–Crippen MR) is 103 cm³/mol. The summed E-state index contributed by atoms with van der Waals surface area (Å²) in [6.45, 7) is 3.90. The second-order valence-electron chi connectivity index (χ2n) is 6.31. The third kappa shape index (κ3) is 4.64. The lowest BCUT2D eigenvalue weighted by Crippen LogP contribution is -2.17. The van der Waals surface area contributed by atoms with Crippen LogP contribution in [-0.4, -0.2) is 47.0 Å². The van der Waals surface area contributed by atoms with Crippen LogP contribution in [0.1, 0.15) is 12.1 Å². The summed E-state index contributed by atoms with van der Waals surface area (Å²) < 4.78 is 0. The van der Waals surface area contributed by atoms with Gasteiger partial charge >= 0.3 is 0 Å². The minimum absolute atomic E-state index is 0.577. The van der Waals surface area contributed by atoms with E-state index < -0.39 is 0 Å². The number of pyridine rings is 1. The molecular formula is C19H24N6. The van der Waals surface area contributed by atoms with Gasteiger partial charge in [0.1, 0.15) is 5.82 Å². The lowest BCUT2D eigenvalue weighted by molar-refractivity contribution is 0.405. The Labute approximate surface area is 148 Å². The van der Waals surface area contributed by atoms with E-state index in [0.29, 0.717) is 5.95 Å². The maximum atomic E-state index is 4.58. The smallest absolute Gasteiger partial charge is 0.229 e. The van der Waals surface area contributed by atoms with Crippen molar-refractivity contribution < 1.29 is 0 Å². The normalized spacial score (nSPS) is 11.0. The molecule has 0 amide bonds. The van der Waals surface area contributed by atoms with Crippen LogP contribution < -0.4 is 10.6 Å². The van der Waals surface area contributed by atoms with Crippen LogP contribution in [-0.2, 0) is 0 Å². The Morgan fingerprint density at radius 1 is 1.08 bits per heavy atom. The fourth-order valence-electron chi connectivity index (χ4n) is 2.65. The van der Waals surface area contributed by atoms with Gasteiger partial charge in [0.05, 0.1) is 11.2 Å². The Hall–Kier alpha value is -2.73. The fourth-order valence-corrected chi connectivity index (χ4v) is 2.65. The molecule has 0 atom stereocenters. The Bertz CT molecular complexity index is 841. The minimum atomic E-state index is 0.577. The molecule has 0 aliphatic heterocycles. The molecule has 2 N–H and O–H groups in total. The van der Waals surface area contributed by atoms with Gasteiger partial charge in [-0.05, 0) is 46.1 Å². The number of hydrogen-bond donors (Lipinski definition) is 2. The molecule has 2 heterocycles. The number of benzene rings is 1. The highest BCUT2D eigenvalue weighted by atomic mass is 15.1. The van der Waals surface area contributed by atoms with Crippen LogP contribution in [0.5, 0.6) is 0 Å². The summed E-state index contributed by atoms with van der Waals surface area (Å²) in [5.74, 6) is 1.41. The highest BCUT2D eigenvalue weighted by molar-refractivity contribution is 5.91. The Morgan fingerprint density at radius 2 is 1.92 bits per heavy atom. The number of hydrogen-bond acceptors (Lipinski definition) is 6. The van der Waals surface area contributed by atoms with Crippen LogP contribution in [0, 0.1) is 6.92 Å². The van der Waals surface area contributed by atoms with Crippen molar-refractivity contribution in [2.75, 3.05) is 37.8 Å². The van der Waals surface area contributed by atoms with Crippen LogP contribution >= 0.6 is 0 Å². The van der Waals surface area contributed by atoms with E-state index >= 15 is 0 Å². The number of aromatic nitrogens is 3. The van der Waals surface area contributed by atoms with Gasteiger partial charge < -0.3 is 15.5 Å². The van der Waals surface area contributed by atoms with Crippen molar-refractivity contribution in [3.63, 3.8) is 0 Å². The number of anilines is 3. The van der Waals surface area contributed by atoms with Gasteiger partial charge in [-0.2, -0.15) is 4.98 Å². The van der Waals surface area contributed by atoms with Crippen molar-refractivity contribution in [3.8, 4) is 0 Å². The molecule has 0 bridgehead atoms. The molecule has 6 heteroatoms. The van der Waals surface area contributed by atoms with Crippen LogP contribution in [0.3, 0.4) is 0 Å². The van der Waals surface area contributed by atoms with E-state index in [2.05, 4.69) is 44.6 Å². The molecule has 1 aromatic carbocycles. The molecule has 0 aliphatic carbocycles. The summed E-state index contributed by atoms with van der Waals surface area (Å²) in [5, 5.41) is 7.76. The third-order valence-corrected chi connectivity index (χ3v) is 3.82. The zero-order valence-corrected chi connectivity index (χ0v) is 15.0. The van der Waals surface area contributed by atoms with E-state index in [4.69, 9.17) is 0 Å². The molecule has 6 nitrogen and oxygen atoms in total. The van der Waals surface area contributed by atoms with Crippen LogP contribution in [0.2, 0.25) is 0 Å². The molecule has 25 heavy (non-hydrogen) atoms. The number of nitrogens with one attached hydrogen (secondary N) is 2. The first-order valence-corrected chi connectivity index (χ1v) is 8.47. The first kappa shape index (κ1) is 17.1. The van der Waals surface area contributed by atoms with E-state index in [9.17, 15) is 0 Å². The molecular weight excluding hydrogens is 312 g/mol. The maximum Gasteiger partial charge on any atom is 0.229 e. The molecule has 0 fully saturated rings. The number of aryl methyl sites for hydroxylation is 1. The monoisotopic (exact) mass is 336 g/mol. The largest absolute Gasteiger partial charge is 0.370 e. The predicted octanol–water partition coefficient (Wildman–Crippen LogP) is 3.44. The summed E-state index contributed by atoms with van der Waals surface area (Å²) in [6, 6.07) is 12.0. The molecule has 0 unspecified atom stereocenters. The van der Waals surface area contributed by atoms with E-state index in [1.165, 1.54) is 0 Å². The molecule has 0 saturated heterocycles. The topological polar surface area (TPSA) is 66.0 Å². The maximum absolute atomic E-state index is 4.58. The number of nitrogens with zero attached hydrogens (tertiary/aromatic N) is 4. The Balaban J connectivity index is 1.76. The quantitative estimate of drug-likeness (QED) is 0.644. The Morgan fingerprint density at radius 3 is 2.76 bits per heavy atom. The van der Waals surface area contributed by atoms with E-state index in [1.807, 2.05) is 43.3 Å². The first-order chi connectivity index (χ1) is 12.1. The van der Waals surface area contributed by atoms with E-state index in [1.54, 1.807) is 6.20 Å². The summed E-state index contributed by atoms with van der Waals surface area (Å²) >= 11 is 0. The summed E-state index contributed by atoms with van der Waals surface area (Å²) in [6.07, 6.45) is 2.86. The standard InChI is InChI=1S/C19H24N6/c1-14-13-17(20-11-6-12-25(2)3)24-19(22-14)23-16-9-4-7-15-8-5-10-21-18(15)16/h4-5,7-10,13H,6,11-12H2,1-3H3,(H2,20,22,23,24). The summed E-state index contributed by atoms with van der Waals surface area (Å²) in [4.78, 5) is 15.7. The van der Waals surface area contributed by atoms with E-state index in [0.717, 1.165) is 47.6 Å². The van der Waals surface area contributed by atoms with Crippen molar-refractivity contribution in [3.05, 3.63) is 48.3 Å². The number of fused-ring (bicyclic) bond motifs is 1. The Kier molecular flexibility index (Phi) is 5.40. The highest BCUT2D eigenvalue weighted by Crippen LogP contribution is 2.23. The first-order valence-electron chi connectivity index (χ1n) is 8.47. The van der Waals surface area contributed by atoms with Crippen molar-refractivity contribution in [1.82, 2.24) is 19.9 Å². The van der Waals surface area contributed by atoms with Gasteiger partial charge in [0.2, 0.25) is 5.95 Å². The summed E-state index contributed by atoms with van der Waals surface area (Å²) in [7, 11) is 4.16. The summed E-state index contributed by atoms with van der Waals surface area (Å²) in [5.41, 5.74) is 2.73. The van der Waals surface area contributed by atoms with E-state index in [-0.39, 0.29) is 0 Å². The SMILES string of the molecule is Cc1cc(NCCCN(C)C)nc(Nc2cccc3cccnc23)n1. The molecule has 0 aliphatic rings. The lowest BCUT2D eigenvalue weighted by Gasteiger charge is -2.12. The van der Waals surface area contributed by atoms with Crippen LogP contribution in [0.15, 0.2) is 42.6 Å². The van der Waals surface area contributed by atoms with Crippen LogP contribution in [0.4, 0.5) is 17.5 Å². The third-order valence-electron chi connectivity index (χ3n) is 3.82. The van der Waals surface area contributed by atoms with Crippen molar-refractivity contribution in [2.45, 2.75) is 13.3 Å². The molecule has 0 saturated carbocycles. The molecule has 3 rings (SSSR count). The average molecular weight is 336 g/mol. The minimum Gasteiger partial charge on any atom is -0.370 e. The zero-order chi connectivity index (χ0) is 17.6. The zero-order valence-electron chi connectivity index (χ0n) is 15.0. The number of para-hydroxylation sites is 1. The van der Waals surface area contributed by atoms with Crippen molar-refractivity contribution in [2.24, 2.45) is 0 Å². The van der Waals surface area contributed by atoms with Gasteiger partial charge in [0.25, 0.3) is 0 Å². The van der Waals surface area contributed by atoms with Gasteiger partial charge in [0.15, 0.2) is 0 Å². The van der Waals surface area contributed by atoms with Gasteiger partial charge in [-0.1, -0.05) is 18.2 Å². The van der Waals surface area contributed by atoms with Gasteiger partial charge in [-0.15, -0.1) is 0 Å². The van der Waals surface area contributed by atoms with Crippen molar-refractivity contribution >= 4 is 28.4 Å². The van der Waals surface area contributed by atoms with Crippen LogP contribution in [0.25, 0.3) is 10.9 Å². The molecule has 3 aromatic rings. The van der Waals surface area contributed by atoms with Crippen molar-refractivity contribution in [1.29, 1.82) is 0 Å². The highest BCUT2D eigenvalue weighted by Gasteiger charge is 2.06. The fraction of sp³-hybridized carbons (Fsp3) is 0.316. The molecule has 0 spiro atoms. The average Bonchev–Trinajstić information content (AvgIpc) is 2.58. The molecule has 0 radical (unpaired) electrons. The lowest BCUT2D eigenvalue weighted by atomic mass is 10.2. The molecule has 2 aromatic heterocycles.